The number of benzene rings is 8. The lowest BCUT2D eigenvalue weighted by atomic mass is 9.92. The van der Waals surface area contributed by atoms with Crippen molar-refractivity contribution in [1.82, 2.24) is 19.9 Å². The maximum Gasteiger partial charge on any atom is 0.231 e. The van der Waals surface area contributed by atoms with E-state index in [1.807, 2.05) is 54.6 Å². The summed E-state index contributed by atoms with van der Waals surface area (Å²) in [5.41, 5.74) is 14.2. The van der Waals surface area contributed by atoms with E-state index in [4.69, 9.17) is 28.8 Å². The molecule has 6 heteroatoms. The molecule has 0 aliphatic carbocycles. The molecule has 0 saturated heterocycles. The van der Waals surface area contributed by atoms with E-state index in [9.17, 15) is 0 Å². The topological polar surface area (TPSA) is 77.8 Å². The van der Waals surface area contributed by atoms with Gasteiger partial charge in [0.05, 0.1) is 22.2 Å². The van der Waals surface area contributed by atoms with Crippen LogP contribution in [0.15, 0.2) is 215 Å². The largest absolute Gasteiger partial charge is 0.438 e. The van der Waals surface area contributed by atoms with Crippen LogP contribution in [0.5, 0.6) is 0 Å². The zero-order valence-corrected chi connectivity index (χ0v) is 33.2. The van der Waals surface area contributed by atoms with E-state index in [1.165, 1.54) is 0 Å². The molecule has 0 unspecified atom stereocenters. The second-order valence-electron chi connectivity index (χ2n) is 15.3. The van der Waals surface area contributed by atoms with E-state index in [0.29, 0.717) is 23.1 Å². The quantitative estimate of drug-likeness (QED) is 0.160. The molecule has 0 saturated carbocycles. The first kappa shape index (κ1) is 35.5. The Labute approximate surface area is 356 Å². The van der Waals surface area contributed by atoms with Crippen LogP contribution in [0.25, 0.3) is 123 Å². The number of hydrogen-bond acceptors (Lipinski definition) is 6. The van der Waals surface area contributed by atoms with Crippen LogP contribution < -0.4 is 0 Å². The normalized spacial score (nSPS) is 11.5. The molecule has 4 heterocycles. The van der Waals surface area contributed by atoms with Gasteiger partial charge in [-0.05, 0) is 57.6 Å². The standard InChI is InChI=1S/C56H34N4O2/c1-3-17-35(18-4-1)37-21-15-23-39(33-37)51-49-45-29-11-13-31-47(45)61-55(49)60-54(57-51)44-28-10-8-26-42(44)41-25-7-9-27-43(41)52-50-46-30-12-14-32-48(46)62-56(50)59-53(58-52)40-24-16-22-38(34-40)36-19-5-2-6-20-36/h1-34H. The molecule has 0 bridgehead atoms. The maximum absolute atomic E-state index is 6.52. The van der Waals surface area contributed by atoms with Crippen LogP contribution in [0.4, 0.5) is 0 Å². The lowest BCUT2D eigenvalue weighted by Gasteiger charge is -2.15. The van der Waals surface area contributed by atoms with E-state index in [1.54, 1.807) is 0 Å². The van der Waals surface area contributed by atoms with Crippen molar-refractivity contribution in [1.29, 1.82) is 0 Å². The molecule has 0 fully saturated rings. The van der Waals surface area contributed by atoms with Gasteiger partial charge in [0.25, 0.3) is 0 Å². The van der Waals surface area contributed by atoms with Gasteiger partial charge in [-0.2, -0.15) is 9.97 Å². The van der Waals surface area contributed by atoms with Gasteiger partial charge in [-0.1, -0.05) is 182 Å². The molecule has 0 atom stereocenters. The van der Waals surface area contributed by atoms with Crippen molar-refractivity contribution in [2.24, 2.45) is 0 Å². The fraction of sp³-hybridized carbons (Fsp3) is 0. The van der Waals surface area contributed by atoms with Crippen LogP contribution in [-0.2, 0) is 0 Å². The van der Waals surface area contributed by atoms with Gasteiger partial charge in [0.1, 0.15) is 11.2 Å². The average Bonchev–Trinajstić information content (AvgIpc) is 3.93. The summed E-state index contributed by atoms with van der Waals surface area (Å²) >= 11 is 0. The van der Waals surface area contributed by atoms with Gasteiger partial charge < -0.3 is 8.83 Å². The van der Waals surface area contributed by atoms with Crippen LogP contribution in [0, 0.1) is 0 Å². The second kappa shape index (κ2) is 14.7. The minimum Gasteiger partial charge on any atom is -0.438 e. The van der Waals surface area contributed by atoms with Crippen molar-refractivity contribution in [3.8, 4) is 78.7 Å². The first-order chi connectivity index (χ1) is 30.7. The maximum atomic E-state index is 6.52. The molecule has 8 aromatic carbocycles. The van der Waals surface area contributed by atoms with Gasteiger partial charge in [-0.3, -0.25) is 0 Å². The molecule has 0 amide bonds. The summed E-state index contributed by atoms with van der Waals surface area (Å²) in [5, 5.41) is 3.66. The third kappa shape index (κ3) is 6.04. The SMILES string of the molecule is c1ccc(-c2cccc(-c3nc(-c4ccccc4-c4ccccc4-c4nc(-c5cccc(-c6ccccc6)c5)c5c(n4)oc4ccccc45)c4c(n3)oc3ccccc34)c2)cc1. The van der Waals surface area contributed by atoms with E-state index in [0.717, 1.165) is 99.7 Å². The van der Waals surface area contributed by atoms with Crippen LogP contribution in [-0.4, -0.2) is 19.9 Å². The highest BCUT2D eigenvalue weighted by Gasteiger charge is 2.24. The number of para-hydroxylation sites is 2. The van der Waals surface area contributed by atoms with Gasteiger partial charge in [0.2, 0.25) is 11.4 Å². The van der Waals surface area contributed by atoms with E-state index in [-0.39, 0.29) is 0 Å². The number of aromatic nitrogens is 4. The summed E-state index contributed by atoms with van der Waals surface area (Å²) in [5.74, 6) is 1.13. The predicted molar refractivity (Wildman–Crippen MR) is 250 cm³/mol. The Bertz CT molecular complexity index is 3650. The molecule has 0 N–H and O–H groups in total. The average molecular weight is 795 g/mol. The smallest absolute Gasteiger partial charge is 0.231 e. The fourth-order valence-electron chi connectivity index (χ4n) is 8.68. The highest BCUT2D eigenvalue weighted by Crippen LogP contribution is 2.44. The summed E-state index contributed by atoms with van der Waals surface area (Å²) < 4.78 is 13.0. The molecule has 4 aromatic heterocycles. The molecular weight excluding hydrogens is 761 g/mol. The molecule has 6 nitrogen and oxygen atoms in total. The van der Waals surface area contributed by atoms with Gasteiger partial charge in [-0.15, -0.1) is 0 Å². The third-order valence-electron chi connectivity index (χ3n) is 11.6. The first-order valence-electron chi connectivity index (χ1n) is 20.6. The van der Waals surface area contributed by atoms with Crippen LogP contribution in [0.1, 0.15) is 0 Å². The number of nitrogens with zero attached hydrogens (tertiary/aromatic N) is 4. The molecule has 12 rings (SSSR count). The van der Waals surface area contributed by atoms with Gasteiger partial charge in [0, 0.05) is 33.0 Å². The van der Waals surface area contributed by atoms with E-state index < -0.39 is 0 Å². The predicted octanol–water partition coefficient (Wildman–Crippen LogP) is 14.7. The Hall–Kier alpha value is -8.48. The third-order valence-corrected chi connectivity index (χ3v) is 11.6. The first-order valence-corrected chi connectivity index (χ1v) is 20.6. The zero-order valence-electron chi connectivity index (χ0n) is 33.2. The number of rotatable bonds is 7. The summed E-state index contributed by atoms with van der Waals surface area (Å²) in [4.78, 5) is 21.1. The molecular formula is C56H34N4O2. The molecule has 0 aliphatic rings. The van der Waals surface area contributed by atoms with Crippen LogP contribution in [0.2, 0.25) is 0 Å². The summed E-state index contributed by atoms with van der Waals surface area (Å²) in [7, 11) is 0. The summed E-state index contributed by atoms with van der Waals surface area (Å²) in [6.07, 6.45) is 0. The monoisotopic (exact) mass is 794 g/mol. The molecule has 0 aliphatic heterocycles. The lowest BCUT2D eigenvalue weighted by Crippen LogP contribution is -1.98. The van der Waals surface area contributed by atoms with Crippen molar-refractivity contribution in [3.63, 3.8) is 0 Å². The van der Waals surface area contributed by atoms with Gasteiger partial charge in [0.15, 0.2) is 11.6 Å². The molecule has 290 valence electrons. The molecule has 0 radical (unpaired) electrons. The highest BCUT2D eigenvalue weighted by molar-refractivity contribution is 6.13. The van der Waals surface area contributed by atoms with Crippen LogP contribution >= 0.6 is 0 Å². The molecule has 12 aromatic rings. The molecule has 0 spiro atoms. The Morgan fingerprint density at radius 2 is 0.694 bits per heavy atom. The Morgan fingerprint density at radius 3 is 1.32 bits per heavy atom. The number of fused-ring (bicyclic) bond motifs is 6. The highest BCUT2D eigenvalue weighted by atomic mass is 16.3. The minimum absolute atomic E-state index is 0.528. The van der Waals surface area contributed by atoms with Crippen molar-refractivity contribution in [2.75, 3.05) is 0 Å². The number of hydrogen-bond donors (Lipinski definition) is 0. The molecule has 62 heavy (non-hydrogen) atoms. The summed E-state index contributed by atoms with van der Waals surface area (Å²) in [6, 6.07) is 70.5. The zero-order chi connectivity index (χ0) is 41.0. The fourth-order valence-corrected chi connectivity index (χ4v) is 8.68. The Balaban J connectivity index is 1.07. The van der Waals surface area contributed by atoms with Crippen LogP contribution in [0.3, 0.4) is 0 Å². The Kier molecular flexibility index (Phi) is 8.38. The van der Waals surface area contributed by atoms with Crippen molar-refractivity contribution in [2.45, 2.75) is 0 Å². The van der Waals surface area contributed by atoms with Gasteiger partial charge in [-0.25, -0.2) is 9.97 Å². The van der Waals surface area contributed by atoms with E-state index in [2.05, 4.69) is 152 Å². The number of furan rings is 2. The Morgan fingerprint density at radius 1 is 0.274 bits per heavy atom. The van der Waals surface area contributed by atoms with E-state index >= 15 is 0 Å². The van der Waals surface area contributed by atoms with Gasteiger partial charge >= 0.3 is 0 Å². The van der Waals surface area contributed by atoms with Crippen molar-refractivity contribution >= 4 is 44.1 Å². The minimum atomic E-state index is 0.528. The second-order valence-corrected chi connectivity index (χ2v) is 15.3. The summed E-state index contributed by atoms with van der Waals surface area (Å²) in [6.45, 7) is 0. The van der Waals surface area contributed by atoms with Crippen molar-refractivity contribution < 1.29 is 8.83 Å². The lowest BCUT2D eigenvalue weighted by molar-refractivity contribution is 0.653. The van der Waals surface area contributed by atoms with Crippen molar-refractivity contribution in [3.05, 3.63) is 206 Å².